The average molecular weight is 431 g/mol. The molecule has 1 saturated carbocycles. The lowest BCUT2D eigenvalue weighted by Crippen LogP contribution is -2.26. The van der Waals surface area contributed by atoms with Gasteiger partial charge in [-0.25, -0.2) is 17.9 Å². The number of nitrogens with one attached hydrogen (secondary N) is 1. The molecule has 0 amide bonds. The number of halogens is 1. The Balaban J connectivity index is 1.83. The third kappa shape index (κ3) is 3.55. The van der Waals surface area contributed by atoms with Gasteiger partial charge in [0.25, 0.3) is 0 Å². The van der Waals surface area contributed by atoms with Crippen LogP contribution in [0.2, 0.25) is 0 Å². The average Bonchev–Trinajstić information content (AvgIpc) is 3.04. The molecule has 7 nitrogen and oxygen atoms in total. The van der Waals surface area contributed by atoms with Gasteiger partial charge in [-0.3, -0.25) is 9.13 Å². The molecule has 138 valence electrons. The Bertz CT molecular complexity index is 964. The number of nitrogens with two attached hydrogens (primary N) is 1. The van der Waals surface area contributed by atoms with Crippen molar-refractivity contribution in [2.75, 3.05) is 6.54 Å². The Morgan fingerprint density at radius 3 is 2.48 bits per heavy atom. The molecule has 1 aromatic heterocycles. The monoisotopic (exact) mass is 430 g/mol. The van der Waals surface area contributed by atoms with Gasteiger partial charge >= 0.3 is 5.69 Å². The van der Waals surface area contributed by atoms with Crippen LogP contribution >= 0.6 is 15.9 Å². The highest BCUT2D eigenvalue weighted by Crippen LogP contribution is 2.28. The van der Waals surface area contributed by atoms with Crippen molar-refractivity contribution in [3.8, 4) is 0 Å². The van der Waals surface area contributed by atoms with Crippen LogP contribution in [0.5, 0.6) is 0 Å². The minimum absolute atomic E-state index is 0.143. The van der Waals surface area contributed by atoms with Crippen LogP contribution in [-0.4, -0.2) is 30.1 Å². The van der Waals surface area contributed by atoms with Gasteiger partial charge in [-0.2, -0.15) is 0 Å². The number of nitrogens with zero attached hydrogens (tertiary/aromatic N) is 2. The van der Waals surface area contributed by atoms with Crippen molar-refractivity contribution in [3.63, 3.8) is 0 Å². The van der Waals surface area contributed by atoms with Crippen LogP contribution < -0.4 is 16.1 Å². The molecule has 1 aliphatic rings. The van der Waals surface area contributed by atoms with Gasteiger partial charge in [0.05, 0.1) is 15.9 Å². The zero-order valence-corrected chi connectivity index (χ0v) is 16.7. The van der Waals surface area contributed by atoms with Gasteiger partial charge in [0.15, 0.2) is 0 Å². The van der Waals surface area contributed by atoms with Crippen LogP contribution in [0.1, 0.15) is 25.7 Å². The number of imidazole rings is 1. The first-order chi connectivity index (χ1) is 11.7. The van der Waals surface area contributed by atoms with E-state index < -0.39 is 10.0 Å². The lowest BCUT2D eigenvalue weighted by molar-refractivity contribution is 0.488. The summed E-state index contributed by atoms with van der Waals surface area (Å²) in [6.45, 7) is 0.387. The van der Waals surface area contributed by atoms with Crippen LogP contribution in [0, 0.1) is 5.92 Å². The zero-order chi connectivity index (χ0) is 18.4. The minimum Gasteiger partial charge on any atom is -0.328 e. The predicted octanol–water partition coefficient (Wildman–Crippen LogP) is 1.44. The fourth-order valence-electron chi connectivity index (χ4n) is 3.56. The van der Waals surface area contributed by atoms with Gasteiger partial charge in [-0.05, 0) is 59.7 Å². The largest absolute Gasteiger partial charge is 0.328 e. The zero-order valence-electron chi connectivity index (χ0n) is 14.3. The number of rotatable bonds is 5. The van der Waals surface area contributed by atoms with E-state index in [0.717, 1.165) is 25.7 Å². The normalized spacial score (nSPS) is 21.3. The molecule has 2 aromatic rings. The molecule has 0 bridgehead atoms. The van der Waals surface area contributed by atoms with Gasteiger partial charge in [0.2, 0.25) is 10.0 Å². The fourth-order valence-corrected chi connectivity index (χ4v) is 5.65. The molecule has 2 atom stereocenters. The molecule has 1 aromatic carbocycles. The van der Waals surface area contributed by atoms with Crippen molar-refractivity contribution < 1.29 is 8.42 Å². The highest BCUT2D eigenvalue weighted by molar-refractivity contribution is 9.10. The molecule has 0 saturated heterocycles. The van der Waals surface area contributed by atoms with Crippen LogP contribution in [0.25, 0.3) is 11.0 Å². The highest BCUT2D eigenvalue weighted by Gasteiger charge is 2.24. The van der Waals surface area contributed by atoms with Crippen molar-refractivity contribution >= 4 is 37.0 Å². The minimum atomic E-state index is -3.66. The summed E-state index contributed by atoms with van der Waals surface area (Å²) in [5.74, 6) is 0.485. The molecule has 2 unspecified atom stereocenters. The molecule has 25 heavy (non-hydrogen) atoms. The van der Waals surface area contributed by atoms with Gasteiger partial charge in [0, 0.05) is 31.2 Å². The van der Waals surface area contributed by atoms with Crippen LogP contribution in [0.3, 0.4) is 0 Å². The standard InChI is InChI=1S/C16H23BrN4O3S/c1-20-13-8-12(17)15(9-14(13)21(2)16(20)22)25(23,24)19-6-5-10-3-4-11(18)7-10/h8-11,19H,3-7,18H2,1-2H3. The predicted molar refractivity (Wildman–Crippen MR) is 101 cm³/mol. The molecular weight excluding hydrogens is 408 g/mol. The maximum absolute atomic E-state index is 12.7. The Morgan fingerprint density at radius 2 is 1.88 bits per heavy atom. The first-order valence-electron chi connectivity index (χ1n) is 8.31. The van der Waals surface area contributed by atoms with E-state index in [2.05, 4.69) is 20.7 Å². The second-order valence-corrected chi connectivity index (χ2v) is 9.39. The van der Waals surface area contributed by atoms with E-state index in [1.54, 1.807) is 20.2 Å². The number of benzene rings is 1. The van der Waals surface area contributed by atoms with Gasteiger partial charge in [-0.1, -0.05) is 0 Å². The Hall–Kier alpha value is -1.16. The molecule has 0 aliphatic heterocycles. The summed E-state index contributed by atoms with van der Waals surface area (Å²) >= 11 is 3.33. The Kier molecular flexibility index (Phi) is 5.11. The molecule has 0 spiro atoms. The number of aromatic nitrogens is 2. The van der Waals surface area contributed by atoms with Gasteiger partial charge in [0.1, 0.15) is 0 Å². The van der Waals surface area contributed by atoms with Gasteiger partial charge < -0.3 is 5.73 Å². The highest BCUT2D eigenvalue weighted by atomic mass is 79.9. The molecule has 9 heteroatoms. The van der Waals surface area contributed by atoms with E-state index >= 15 is 0 Å². The van der Waals surface area contributed by atoms with E-state index in [1.807, 2.05) is 0 Å². The number of hydrogen-bond donors (Lipinski definition) is 2. The number of hydrogen-bond acceptors (Lipinski definition) is 4. The maximum Gasteiger partial charge on any atom is 0.328 e. The van der Waals surface area contributed by atoms with Crippen molar-refractivity contribution in [1.29, 1.82) is 0 Å². The number of sulfonamides is 1. The first-order valence-corrected chi connectivity index (χ1v) is 10.6. The van der Waals surface area contributed by atoms with Crippen LogP contribution in [0.15, 0.2) is 26.3 Å². The molecule has 0 radical (unpaired) electrons. The third-order valence-electron chi connectivity index (χ3n) is 5.04. The molecule has 1 heterocycles. The van der Waals surface area contributed by atoms with Crippen molar-refractivity contribution in [2.45, 2.75) is 36.6 Å². The summed E-state index contributed by atoms with van der Waals surface area (Å²) < 4.78 is 31.4. The van der Waals surface area contributed by atoms with Gasteiger partial charge in [-0.15, -0.1) is 0 Å². The number of aryl methyl sites for hydroxylation is 2. The maximum atomic E-state index is 12.7. The van der Waals surface area contributed by atoms with Crippen LogP contribution in [-0.2, 0) is 24.1 Å². The third-order valence-corrected chi connectivity index (χ3v) is 7.46. The summed E-state index contributed by atoms with van der Waals surface area (Å²) in [6.07, 6.45) is 3.83. The van der Waals surface area contributed by atoms with Crippen LogP contribution in [0.4, 0.5) is 0 Å². The molecule has 3 rings (SSSR count). The molecular formula is C16H23BrN4O3S. The van der Waals surface area contributed by atoms with E-state index in [4.69, 9.17) is 5.73 Å². The van der Waals surface area contributed by atoms with Crippen molar-refractivity contribution in [3.05, 3.63) is 27.1 Å². The topological polar surface area (TPSA) is 99.1 Å². The second-order valence-electron chi connectivity index (χ2n) is 6.80. The van der Waals surface area contributed by atoms with Crippen molar-refractivity contribution in [2.24, 2.45) is 25.7 Å². The summed E-state index contributed by atoms with van der Waals surface area (Å²) in [5, 5.41) is 0. The Morgan fingerprint density at radius 1 is 1.24 bits per heavy atom. The molecule has 1 aliphatic carbocycles. The molecule has 3 N–H and O–H groups in total. The van der Waals surface area contributed by atoms with E-state index in [0.29, 0.717) is 28.0 Å². The summed E-state index contributed by atoms with van der Waals surface area (Å²) in [6, 6.07) is 3.45. The quantitative estimate of drug-likeness (QED) is 0.749. The Labute approximate surface area is 155 Å². The second kappa shape index (κ2) is 6.86. The van der Waals surface area contributed by atoms with E-state index in [1.165, 1.54) is 15.2 Å². The lowest BCUT2D eigenvalue weighted by atomic mass is 10.0. The first kappa shape index (κ1) is 18.6. The fraction of sp³-hybridized carbons (Fsp3) is 0.562. The van der Waals surface area contributed by atoms with E-state index in [-0.39, 0.29) is 16.6 Å². The number of fused-ring (bicyclic) bond motifs is 1. The lowest BCUT2D eigenvalue weighted by Gasteiger charge is -2.12. The van der Waals surface area contributed by atoms with Crippen molar-refractivity contribution in [1.82, 2.24) is 13.9 Å². The van der Waals surface area contributed by atoms with E-state index in [9.17, 15) is 13.2 Å². The smallest absolute Gasteiger partial charge is 0.328 e. The summed E-state index contributed by atoms with van der Waals surface area (Å²) in [7, 11) is -0.368. The summed E-state index contributed by atoms with van der Waals surface area (Å²) in [4.78, 5) is 12.2. The SMILES string of the molecule is Cn1c(=O)n(C)c2cc(S(=O)(=O)NCCC3CCC(N)C3)c(Br)cc21. The molecule has 1 fully saturated rings. The summed E-state index contributed by atoms with van der Waals surface area (Å²) in [5.41, 5.74) is 6.97.